The lowest BCUT2D eigenvalue weighted by Gasteiger charge is -2.08. The van der Waals surface area contributed by atoms with Gasteiger partial charge in [0.05, 0.1) is 0 Å². The molecule has 0 unspecified atom stereocenters. The van der Waals surface area contributed by atoms with Crippen LogP contribution in [0.2, 0.25) is 0 Å². The SMILES string of the molecule is c1ccc2c(c1)sc1ccc3ccc4ccc5sc6ccccc6c5c4c3c12. The van der Waals surface area contributed by atoms with E-state index in [1.807, 2.05) is 22.7 Å². The first-order valence-corrected chi connectivity index (χ1v) is 11.1. The molecule has 0 atom stereocenters. The summed E-state index contributed by atoms with van der Waals surface area (Å²) in [5.41, 5.74) is 0. The molecule has 0 saturated heterocycles. The van der Waals surface area contributed by atoms with Crippen molar-refractivity contribution in [2.75, 3.05) is 0 Å². The van der Waals surface area contributed by atoms with E-state index in [4.69, 9.17) is 0 Å². The molecule has 0 amide bonds. The topological polar surface area (TPSA) is 0 Å². The molecule has 130 valence electrons. The number of benzene rings is 5. The van der Waals surface area contributed by atoms with Gasteiger partial charge in [0.25, 0.3) is 0 Å². The normalized spacial score (nSPS) is 12.3. The molecule has 2 heterocycles. The summed E-state index contributed by atoms with van der Waals surface area (Å²) in [7, 11) is 0. The predicted molar refractivity (Wildman–Crippen MR) is 127 cm³/mol. The Bertz CT molecular complexity index is 1580. The second kappa shape index (κ2) is 5.32. The molecule has 0 bridgehead atoms. The zero-order valence-electron chi connectivity index (χ0n) is 14.9. The van der Waals surface area contributed by atoms with Crippen LogP contribution in [0.1, 0.15) is 0 Å². The zero-order chi connectivity index (χ0) is 18.2. The van der Waals surface area contributed by atoms with Gasteiger partial charge in [-0.1, -0.05) is 60.7 Å². The molecular weight excluding hydrogens is 376 g/mol. The Balaban J connectivity index is 1.89. The van der Waals surface area contributed by atoms with Crippen molar-refractivity contribution in [2.45, 2.75) is 0 Å². The zero-order valence-corrected chi connectivity index (χ0v) is 16.5. The smallest absolute Gasteiger partial charge is 0.0362 e. The summed E-state index contributed by atoms with van der Waals surface area (Å²) in [5.74, 6) is 0. The largest absolute Gasteiger partial charge is 0.135 e. The van der Waals surface area contributed by atoms with Gasteiger partial charge in [-0.3, -0.25) is 0 Å². The van der Waals surface area contributed by atoms with Gasteiger partial charge >= 0.3 is 0 Å². The molecule has 0 aliphatic heterocycles. The predicted octanol–water partition coefficient (Wildman–Crippen LogP) is 8.73. The highest BCUT2D eigenvalue weighted by atomic mass is 32.1. The third-order valence-electron chi connectivity index (χ3n) is 5.84. The number of rotatable bonds is 0. The monoisotopic (exact) mass is 390 g/mol. The van der Waals surface area contributed by atoms with Crippen LogP contribution in [0, 0.1) is 0 Å². The fraction of sp³-hybridized carbons (Fsp3) is 0. The molecule has 2 heteroatoms. The molecule has 0 aliphatic rings. The fourth-order valence-corrected chi connectivity index (χ4v) is 6.89. The van der Waals surface area contributed by atoms with E-state index in [1.54, 1.807) is 0 Å². The molecule has 0 aliphatic carbocycles. The molecule has 0 radical (unpaired) electrons. The van der Waals surface area contributed by atoms with E-state index in [9.17, 15) is 0 Å². The van der Waals surface area contributed by atoms with Crippen LogP contribution < -0.4 is 0 Å². The average Bonchev–Trinajstić information content (AvgIpc) is 3.31. The number of hydrogen-bond acceptors (Lipinski definition) is 2. The summed E-state index contributed by atoms with van der Waals surface area (Å²) in [4.78, 5) is 0. The van der Waals surface area contributed by atoms with Crippen molar-refractivity contribution >= 4 is 84.6 Å². The van der Waals surface area contributed by atoms with Crippen molar-refractivity contribution in [2.24, 2.45) is 0 Å². The Morgan fingerprint density at radius 2 is 0.786 bits per heavy atom. The van der Waals surface area contributed by atoms with Crippen LogP contribution in [-0.2, 0) is 0 Å². The van der Waals surface area contributed by atoms with Gasteiger partial charge in [0.2, 0.25) is 0 Å². The van der Waals surface area contributed by atoms with Crippen LogP contribution in [0.5, 0.6) is 0 Å². The summed E-state index contributed by atoms with van der Waals surface area (Å²) in [6.07, 6.45) is 0. The van der Waals surface area contributed by atoms with E-state index in [-0.39, 0.29) is 0 Å². The molecule has 0 spiro atoms. The molecule has 7 aromatic rings. The van der Waals surface area contributed by atoms with Gasteiger partial charge in [-0.05, 0) is 45.8 Å². The lowest BCUT2D eigenvalue weighted by molar-refractivity contribution is 1.86. The first kappa shape index (κ1) is 15.0. The minimum absolute atomic E-state index is 1.33. The van der Waals surface area contributed by atoms with Crippen LogP contribution in [0.3, 0.4) is 0 Å². The van der Waals surface area contributed by atoms with Crippen LogP contribution >= 0.6 is 22.7 Å². The highest BCUT2D eigenvalue weighted by molar-refractivity contribution is 7.26. The summed E-state index contributed by atoms with van der Waals surface area (Å²) in [6.45, 7) is 0. The first-order valence-electron chi connectivity index (χ1n) is 9.45. The molecule has 0 fully saturated rings. The van der Waals surface area contributed by atoms with Crippen LogP contribution in [0.4, 0.5) is 0 Å². The summed E-state index contributed by atoms with van der Waals surface area (Å²) in [5, 5.41) is 11.0. The molecule has 2 aromatic heterocycles. The van der Waals surface area contributed by atoms with E-state index < -0.39 is 0 Å². The molecule has 0 saturated carbocycles. The molecule has 0 nitrogen and oxygen atoms in total. The lowest BCUT2D eigenvalue weighted by Crippen LogP contribution is -1.81. The van der Waals surface area contributed by atoms with E-state index >= 15 is 0 Å². The molecule has 5 aromatic carbocycles. The summed E-state index contributed by atoms with van der Waals surface area (Å²) < 4.78 is 5.48. The van der Waals surface area contributed by atoms with Crippen molar-refractivity contribution in [3.05, 3.63) is 84.9 Å². The van der Waals surface area contributed by atoms with Gasteiger partial charge in [0.1, 0.15) is 0 Å². The molecule has 0 N–H and O–H groups in total. The fourth-order valence-electron chi connectivity index (χ4n) is 4.66. The van der Waals surface area contributed by atoms with Crippen molar-refractivity contribution < 1.29 is 0 Å². The van der Waals surface area contributed by atoms with Gasteiger partial charge in [0.15, 0.2) is 0 Å². The van der Waals surface area contributed by atoms with Crippen molar-refractivity contribution in [1.29, 1.82) is 0 Å². The average molecular weight is 391 g/mol. The van der Waals surface area contributed by atoms with Crippen LogP contribution in [0.15, 0.2) is 84.9 Å². The maximum absolute atomic E-state index is 2.29. The van der Waals surface area contributed by atoms with Crippen molar-refractivity contribution in [3.63, 3.8) is 0 Å². The van der Waals surface area contributed by atoms with Gasteiger partial charge in [0, 0.05) is 40.3 Å². The maximum atomic E-state index is 2.29. The third kappa shape index (κ3) is 1.84. The van der Waals surface area contributed by atoms with E-state index in [0.29, 0.717) is 0 Å². The second-order valence-electron chi connectivity index (χ2n) is 7.34. The Morgan fingerprint density at radius 1 is 0.357 bits per heavy atom. The highest BCUT2D eigenvalue weighted by Crippen LogP contribution is 2.45. The Hall–Kier alpha value is -2.94. The number of thiophene rings is 2. The second-order valence-corrected chi connectivity index (χ2v) is 9.50. The summed E-state index contributed by atoms with van der Waals surface area (Å²) in [6, 6.07) is 31.4. The van der Waals surface area contributed by atoms with E-state index in [2.05, 4.69) is 84.9 Å². The molecule has 28 heavy (non-hydrogen) atoms. The Labute approximate surface area is 169 Å². The summed E-state index contributed by atoms with van der Waals surface area (Å²) >= 11 is 3.80. The van der Waals surface area contributed by atoms with E-state index in [1.165, 1.54) is 61.9 Å². The standard InChI is InChI=1S/C26H14S2/c1-3-7-19-17(5-1)25-21(27-19)13-11-15-9-10-16-12-14-22-26(24(16)23(15)25)18-6-2-4-8-20(18)28-22/h1-14H. The maximum Gasteiger partial charge on any atom is 0.0362 e. The van der Waals surface area contributed by atoms with Crippen LogP contribution in [0.25, 0.3) is 61.9 Å². The van der Waals surface area contributed by atoms with Gasteiger partial charge in [-0.2, -0.15) is 0 Å². The van der Waals surface area contributed by atoms with Gasteiger partial charge in [-0.15, -0.1) is 22.7 Å². The number of hydrogen-bond donors (Lipinski definition) is 0. The minimum Gasteiger partial charge on any atom is -0.135 e. The third-order valence-corrected chi connectivity index (χ3v) is 8.12. The Morgan fingerprint density at radius 3 is 1.29 bits per heavy atom. The molecule has 7 rings (SSSR count). The number of fused-ring (bicyclic) bond motifs is 11. The lowest BCUT2D eigenvalue weighted by atomic mass is 9.94. The van der Waals surface area contributed by atoms with Crippen molar-refractivity contribution in [1.82, 2.24) is 0 Å². The Kier molecular flexibility index (Phi) is 2.85. The van der Waals surface area contributed by atoms with Crippen LogP contribution in [-0.4, -0.2) is 0 Å². The highest BCUT2D eigenvalue weighted by Gasteiger charge is 2.15. The van der Waals surface area contributed by atoms with Gasteiger partial charge < -0.3 is 0 Å². The minimum atomic E-state index is 1.33. The quantitative estimate of drug-likeness (QED) is 0.227. The van der Waals surface area contributed by atoms with Crippen molar-refractivity contribution in [3.8, 4) is 0 Å². The molecular formula is C26H14S2. The van der Waals surface area contributed by atoms with E-state index in [0.717, 1.165) is 0 Å². The first-order chi connectivity index (χ1) is 13.9. The van der Waals surface area contributed by atoms with Gasteiger partial charge in [-0.25, -0.2) is 0 Å².